The van der Waals surface area contributed by atoms with Crippen LogP contribution in [0.3, 0.4) is 0 Å². The molecule has 2 saturated heterocycles. The van der Waals surface area contributed by atoms with Crippen molar-refractivity contribution in [2.24, 2.45) is 5.92 Å². The average molecular weight is 373 g/mol. The maximum Gasteiger partial charge on any atom is 0.268 e. The largest absolute Gasteiger partial charge is 0.348 e. The van der Waals surface area contributed by atoms with E-state index in [1.54, 1.807) is 0 Å². The van der Waals surface area contributed by atoms with Crippen molar-refractivity contribution in [2.75, 3.05) is 32.7 Å². The van der Waals surface area contributed by atoms with Gasteiger partial charge in [-0.25, -0.2) is 0 Å². The van der Waals surface area contributed by atoms with Crippen LogP contribution in [0, 0.1) is 5.92 Å². The monoisotopic (exact) mass is 372 g/mol. The third kappa shape index (κ3) is 4.94. The lowest BCUT2D eigenvalue weighted by atomic mass is 9.88. The summed E-state index contributed by atoms with van der Waals surface area (Å²) < 4.78 is 2.20. The Labute approximate surface area is 163 Å². The van der Waals surface area contributed by atoms with E-state index in [4.69, 9.17) is 0 Å². The number of hydrogen-bond donors (Lipinski definition) is 2. The smallest absolute Gasteiger partial charge is 0.268 e. The van der Waals surface area contributed by atoms with Gasteiger partial charge in [0, 0.05) is 37.9 Å². The Kier molecular flexibility index (Phi) is 6.51. The van der Waals surface area contributed by atoms with Crippen molar-refractivity contribution in [1.29, 1.82) is 0 Å². The highest BCUT2D eigenvalue weighted by molar-refractivity contribution is 5.93. The Morgan fingerprint density at radius 2 is 1.78 bits per heavy atom. The van der Waals surface area contributed by atoms with Gasteiger partial charge < -0.3 is 20.1 Å². The van der Waals surface area contributed by atoms with Gasteiger partial charge in [0.05, 0.1) is 0 Å². The molecule has 0 atom stereocenters. The van der Waals surface area contributed by atoms with Crippen LogP contribution in [0.25, 0.3) is 0 Å². The molecule has 27 heavy (non-hydrogen) atoms. The Bertz CT molecular complexity index is 593. The molecule has 150 valence electrons. The van der Waals surface area contributed by atoms with Crippen molar-refractivity contribution in [2.45, 2.75) is 69.9 Å². The molecule has 0 radical (unpaired) electrons. The fraction of sp³-hybridized carbons (Fsp3) is 0.773. The summed E-state index contributed by atoms with van der Waals surface area (Å²) in [7, 11) is 0. The number of piperidine rings is 2. The van der Waals surface area contributed by atoms with Gasteiger partial charge in [-0.15, -0.1) is 0 Å². The molecule has 2 N–H and O–H groups in total. The summed E-state index contributed by atoms with van der Waals surface area (Å²) in [4.78, 5) is 15.5. The number of aromatic nitrogens is 1. The molecular weight excluding hydrogens is 336 g/mol. The second kappa shape index (κ2) is 9.24. The van der Waals surface area contributed by atoms with E-state index in [0.717, 1.165) is 63.5 Å². The molecule has 0 bridgehead atoms. The lowest BCUT2D eigenvalue weighted by Gasteiger charge is -2.35. The number of amides is 1. The number of carbonyl (C=O) groups excluding carboxylic acids is 1. The second-order valence-electron chi connectivity index (χ2n) is 8.83. The Morgan fingerprint density at radius 1 is 1.04 bits per heavy atom. The molecule has 1 aliphatic carbocycles. The molecule has 1 amide bonds. The number of hydrogen-bond acceptors (Lipinski definition) is 3. The summed E-state index contributed by atoms with van der Waals surface area (Å²) in [6, 6.07) is 4.79. The Hall–Kier alpha value is -1.33. The molecule has 0 unspecified atom stereocenters. The molecule has 4 rings (SSSR count). The zero-order valence-electron chi connectivity index (χ0n) is 16.7. The maximum absolute atomic E-state index is 12.9. The molecule has 5 heteroatoms. The highest BCUT2D eigenvalue weighted by Gasteiger charge is 2.25. The lowest BCUT2D eigenvalue weighted by Crippen LogP contribution is -2.46. The molecule has 3 fully saturated rings. The topological polar surface area (TPSA) is 49.3 Å². The minimum atomic E-state index is 0.115. The van der Waals surface area contributed by atoms with E-state index < -0.39 is 0 Å². The van der Waals surface area contributed by atoms with Crippen LogP contribution in [0.2, 0.25) is 0 Å². The van der Waals surface area contributed by atoms with Crippen molar-refractivity contribution >= 4 is 5.91 Å². The molecule has 1 aromatic heterocycles. The first-order chi connectivity index (χ1) is 13.3. The molecule has 5 nitrogen and oxygen atoms in total. The molecular formula is C22H36N4O. The zero-order valence-corrected chi connectivity index (χ0v) is 16.7. The van der Waals surface area contributed by atoms with E-state index >= 15 is 0 Å². The van der Waals surface area contributed by atoms with Crippen LogP contribution in [-0.2, 0) is 0 Å². The van der Waals surface area contributed by atoms with Gasteiger partial charge in [0.25, 0.3) is 5.91 Å². The number of nitrogens with zero attached hydrogens (tertiary/aromatic N) is 2. The third-order valence-electron chi connectivity index (χ3n) is 6.88. The van der Waals surface area contributed by atoms with Crippen LogP contribution in [0.5, 0.6) is 0 Å². The van der Waals surface area contributed by atoms with Crippen LogP contribution in [0.4, 0.5) is 0 Å². The van der Waals surface area contributed by atoms with Crippen LogP contribution in [0.1, 0.15) is 74.3 Å². The van der Waals surface area contributed by atoms with E-state index in [-0.39, 0.29) is 5.91 Å². The zero-order chi connectivity index (χ0) is 18.5. The summed E-state index contributed by atoms with van der Waals surface area (Å²) in [6.45, 7) is 5.64. The average Bonchev–Trinajstić information content (AvgIpc) is 3.21. The minimum absolute atomic E-state index is 0.115. The van der Waals surface area contributed by atoms with Crippen LogP contribution >= 0.6 is 0 Å². The number of rotatable bonds is 5. The van der Waals surface area contributed by atoms with Gasteiger partial charge in [-0.1, -0.05) is 19.3 Å². The Balaban J connectivity index is 1.25. The molecule has 1 aromatic rings. The van der Waals surface area contributed by atoms with Gasteiger partial charge in [0.15, 0.2) is 0 Å². The third-order valence-corrected chi connectivity index (χ3v) is 6.88. The van der Waals surface area contributed by atoms with E-state index in [1.807, 2.05) is 12.1 Å². The van der Waals surface area contributed by atoms with Gasteiger partial charge >= 0.3 is 0 Å². The molecule has 3 heterocycles. The fourth-order valence-electron chi connectivity index (χ4n) is 5.24. The van der Waals surface area contributed by atoms with Crippen molar-refractivity contribution < 1.29 is 4.79 Å². The van der Waals surface area contributed by atoms with Gasteiger partial charge in [0.2, 0.25) is 0 Å². The number of likely N-dealkylation sites (tertiary alicyclic amines) is 1. The molecule has 2 aliphatic heterocycles. The first kappa shape index (κ1) is 19.0. The quantitative estimate of drug-likeness (QED) is 0.835. The van der Waals surface area contributed by atoms with Gasteiger partial charge in [-0.3, -0.25) is 4.79 Å². The number of carbonyl (C=O) groups is 1. The molecule has 3 aliphatic rings. The van der Waals surface area contributed by atoms with Crippen molar-refractivity contribution in [1.82, 2.24) is 20.1 Å². The summed E-state index contributed by atoms with van der Waals surface area (Å²) in [5, 5.41) is 6.73. The van der Waals surface area contributed by atoms with Crippen LogP contribution < -0.4 is 10.6 Å². The van der Waals surface area contributed by atoms with E-state index in [2.05, 4.69) is 26.3 Å². The number of nitrogens with one attached hydrogen (secondary N) is 2. The van der Waals surface area contributed by atoms with Gasteiger partial charge in [0.1, 0.15) is 5.69 Å². The highest BCUT2D eigenvalue weighted by Crippen LogP contribution is 2.26. The van der Waals surface area contributed by atoms with E-state index in [1.165, 1.54) is 38.6 Å². The molecule has 0 aromatic carbocycles. The van der Waals surface area contributed by atoms with Crippen LogP contribution in [-0.4, -0.2) is 54.1 Å². The standard InChI is InChI=1S/C22H36N4O/c27-22(21-7-4-14-26(21)20-8-12-23-13-9-20)24-19-10-15-25(16-11-19)17-18-5-2-1-3-6-18/h4,7,14,18-20,23H,1-3,5-6,8-13,15-17H2,(H,24,27). The van der Waals surface area contributed by atoms with Gasteiger partial charge in [-0.05, 0) is 69.7 Å². The van der Waals surface area contributed by atoms with Crippen LogP contribution in [0.15, 0.2) is 18.3 Å². The van der Waals surface area contributed by atoms with Gasteiger partial charge in [-0.2, -0.15) is 0 Å². The van der Waals surface area contributed by atoms with Crippen molar-refractivity contribution in [3.8, 4) is 0 Å². The Morgan fingerprint density at radius 3 is 2.52 bits per heavy atom. The highest BCUT2D eigenvalue weighted by atomic mass is 16.2. The summed E-state index contributed by atoms with van der Waals surface area (Å²) in [6.07, 6.45) is 13.6. The van der Waals surface area contributed by atoms with E-state index in [9.17, 15) is 4.79 Å². The summed E-state index contributed by atoms with van der Waals surface area (Å²) in [5.74, 6) is 1.03. The molecule has 1 saturated carbocycles. The normalized spacial score (nSPS) is 24.1. The van der Waals surface area contributed by atoms with Crippen molar-refractivity contribution in [3.05, 3.63) is 24.0 Å². The summed E-state index contributed by atoms with van der Waals surface area (Å²) in [5.41, 5.74) is 0.839. The predicted molar refractivity (Wildman–Crippen MR) is 109 cm³/mol. The maximum atomic E-state index is 12.9. The predicted octanol–water partition coefficient (Wildman–Crippen LogP) is 3.19. The minimum Gasteiger partial charge on any atom is -0.348 e. The van der Waals surface area contributed by atoms with Crippen molar-refractivity contribution in [3.63, 3.8) is 0 Å². The first-order valence-electron chi connectivity index (χ1n) is 11.2. The fourth-order valence-corrected chi connectivity index (χ4v) is 5.24. The lowest BCUT2D eigenvalue weighted by molar-refractivity contribution is 0.0889. The molecule has 0 spiro atoms. The SMILES string of the molecule is O=C(NC1CCN(CC2CCCCC2)CC1)c1cccn1C1CCNCC1. The summed E-state index contributed by atoms with van der Waals surface area (Å²) >= 11 is 0. The second-order valence-corrected chi connectivity index (χ2v) is 8.83. The van der Waals surface area contributed by atoms with E-state index in [0.29, 0.717) is 12.1 Å². The first-order valence-corrected chi connectivity index (χ1v) is 11.2.